The van der Waals surface area contributed by atoms with Gasteiger partial charge in [0.2, 0.25) is 0 Å². The minimum atomic E-state index is -4.95. The molecule has 0 unspecified atom stereocenters. The monoisotopic (exact) mass is 617 g/mol. The number of ketones is 1. The van der Waals surface area contributed by atoms with Crippen LogP contribution in [0, 0.1) is 5.92 Å². The first-order valence-corrected chi connectivity index (χ1v) is 13.8. The maximum absolute atomic E-state index is 13.4. The second kappa shape index (κ2) is 12.1. The summed E-state index contributed by atoms with van der Waals surface area (Å²) in [7, 11) is 0. The van der Waals surface area contributed by atoms with Gasteiger partial charge >= 0.3 is 11.9 Å². The molecule has 2 aromatic carbocycles. The Morgan fingerprint density at radius 1 is 1.12 bits per heavy atom. The molecule has 1 N–H and O–H groups in total. The van der Waals surface area contributed by atoms with Crippen LogP contribution < -0.4 is 5.69 Å². The van der Waals surface area contributed by atoms with E-state index in [4.69, 9.17) is 11.6 Å². The second-order valence-corrected chi connectivity index (χ2v) is 10.8. The van der Waals surface area contributed by atoms with Crippen molar-refractivity contribution in [3.8, 4) is 17.1 Å². The summed E-state index contributed by atoms with van der Waals surface area (Å²) >= 11 is 5.93. The van der Waals surface area contributed by atoms with Gasteiger partial charge in [0.05, 0.1) is 17.8 Å². The normalized spacial score (nSPS) is 16.0. The highest BCUT2D eigenvalue weighted by Gasteiger charge is 2.39. The maximum atomic E-state index is 13.4. The first-order valence-electron chi connectivity index (χ1n) is 13.4. The van der Waals surface area contributed by atoms with E-state index in [2.05, 4.69) is 15.2 Å². The lowest BCUT2D eigenvalue weighted by Crippen LogP contribution is -2.37. The molecule has 1 aliphatic rings. The number of hydrogen-bond acceptors (Lipinski definition) is 7. The molecular formula is C28H27ClF3N7O4. The minimum absolute atomic E-state index is 0.0793. The molecule has 2 atom stereocenters. The average molecular weight is 618 g/mol. The summed E-state index contributed by atoms with van der Waals surface area (Å²) in [5.41, 5.74) is 0.215. The van der Waals surface area contributed by atoms with Gasteiger partial charge in [0.15, 0.2) is 17.8 Å². The second-order valence-electron chi connectivity index (χ2n) is 10.4. The van der Waals surface area contributed by atoms with Crippen LogP contribution in [0.5, 0.6) is 0 Å². The molecule has 0 aliphatic carbocycles. The fourth-order valence-corrected chi connectivity index (χ4v) is 5.16. The molecule has 4 aromatic rings. The first-order chi connectivity index (χ1) is 20.4. The number of halogens is 4. The molecule has 11 nitrogen and oxygen atoms in total. The van der Waals surface area contributed by atoms with Crippen molar-refractivity contribution in [1.29, 1.82) is 0 Å². The van der Waals surface area contributed by atoms with Gasteiger partial charge in [-0.05, 0) is 55.7 Å². The summed E-state index contributed by atoms with van der Waals surface area (Å²) < 4.78 is 42.5. The largest absolute Gasteiger partial charge is 0.416 e. The summed E-state index contributed by atoms with van der Waals surface area (Å²) in [6, 6.07) is 12.8. The lowest BCUT2D eigenvalue weighted by Gasteiger charge is -2.18. The number of nitrogens with zero attached hydrogens (tertiary/aromatic N) is 7. The molecule has 1 saturated heterocycles. The number of amides is 1. The van der Waals surface area contributed by atoms with E-state index in [0.717, 1.165) is 15.7 Å². The third kappa shape index (κ3) is 6.70. The van der Waals surface area contributed by atoms with Crippen LogP contribution in [0.3, 0.4) is 0 Å². The van der Waals surface area contributed by atoms with Crippen molar-refractivity contribution >= 4 is 23.3 Å². The van der Waals surface area contributed by atoms with E-state index in [1.807, 2.05) is 0 Å². The minimum Gasteiger partial charge on any atom is -0.382 e. The van der Waals surface area contributed by atoms with Gasteiger partial charge in [-0.3, -0.25) is 9.36 Å². The molecule has 0 spiro atoms. The quantitative estimate of drug-likeness (QED) is 0.305. The fraction of sp³-hybridized carbons (Fsp3) is 0.357. The van der Waals surface area contributed by atoms with Gasteiger partial charge in [0, 0.05) is 30.1 Å². The number of Topliss-reactive ketones (excluding diaryl/α,β-unsaturated/α-hetero) is 1. The number of carbonyl (C=O) groups is 2. The van der Waals surface area contributed by atoms with E-state index < -0.39 is 24.5 Å². The molecule has 1 amide bonds. The summed E-state index contributed by atoms with van der Waals surface area (Å²) in [4.78, 5) is 44.0. The van der Waals surface area contributed by atoms with Crippen LogP contribution in [0.4, 0.5) is 13.2 Å². The molecule has 0 radical (unpaired) electrons. The van der Waals surface area contributed by atoms with Crippen LogP contribution in [0.2, 0.25) is 5.02 Å². The summed E-state index contributed by atoms with van der Waals surface area (Å²) in [5, 5.41) is 18.7. The van der Waals surface area contributed by atoms with Crippen molar-refractivity contribution in [3.63, 3.8) is 0 Å². The lowest BCUT2D eigenvalue weighted by atomic mass is 10.0. The Morgan fingerprint density at radius 2 is 1.84 bits per heavy atom. The Labute approximate surface area is 248 Å². The molecule has 0 saturated carbocycles. The van der Waals surface area contributed by atoms with Crippen LogP contribution >= 0.6 is 11.6 Å². The van der Waals surface area contributed by atoms with Crippen molar-refractivity contribution in [2.45, 2.75) is 45.1 Å². The van der Waals surface area contributed by atoms with E-state index in [-0.39, 0.29) is 35.8 Å². The van der Waals surface area contributed by atoms with Crippen molar-refractivity contribution in [3.05, 3.63) is 81.8 Å². The number of rotatable bonds is 9. The Balaban J connectivity index is 1.41. The number of aromatic nitrogens is 6. The van der Waals surface area contributed by atoms with E-state index in [9.17, 15) is 32.7 Å². The predicted octanol–water partition coefficient (Wildman–Crippen LogP) is 3.36. The van der Waals surface area contributed by atoms with E-state index >= 15 is 0 Å². The summed E-state index contributed by atoms with van der Waals surface area (Å²) in [6.07, 6.45) is -5.23. The number of aliphatic hydroxyl groups excluding tert-OH is 1. The van der Waals surface area contributed by atoms with E-state index in [1.54, 1.807) is 29.2 Å². The Kier molecular flexibility index (Phi) is 8.51. The van der Waals surface area contributed by atoms with Crippen molar-refractivity contribution in [2.75, 3.05) is 13.1 Å². The van der Waals surface area contributed by atoms with Gasteiger partial charge in [-0.25, -0.2) is 19.1 Å². The van der Waals surface area contributed by atoms with Crippen LogP contribution in [-0.4, -0.2) is 76.2 Å². The molecule has 5 rings (SSSR count). The predicted molar refractivity (Wildman–Crippen MR) is 149 cm³/mol. The van der Waals surface area contributed by atoms with Crippen molar-refractivity contribution < 1.29 is 27.9 Å². The zero-order valence-electron chi connectivity index (χ0n) is 22.9. The van der Waals surface area contributed by atoms with Gasteiger partial charge in [0.25, 0.3) is 5.91 Å². The lowest BCUT2D eigenvalue weighted by molar-refractivity contribution is -0.207. The zero-order chi connectivity index (χ0) is 30.9. The number of benzene rings is 2. The summed E-state index contributed by atoms with van der Waals surface area (Å²) in [6.45, 7) is 1.17. The Morgan fingerprint density at radius 3 is 2.53 bits per heavy atom. The highest BCUT2D eigenvalue weighted by Crippen LogP contribution is 2.25. The molecule has 2 aromatic heterocycles. The average Bonchev–Trinajstić information content (AvgIpc) is 3.69. The fourth-order valence-electron chi connectivity index (χ4n) is 5.03. The third-order valence-electron chi connectivity index (χ3n) is 7.12. The van der Waals surface area contributed by atoms with Gasteiger partial charge in [-0.1, -0.05) is 23.7 Å². The Hall–Kier alpha value is -4.30. The molecule has 43 heavy (non-hydrogen) atoms. The van der Waals surface area contributed by atoms with E-state index in [0.29, 0.717) is 41.3 Å². The Bertz CT molecular complexity index is 1700. The third-order valence-corrected chi connectivity index (χ3v) is 7.37. The van der Waals surface area contributed by atoms with Gasteiger partial charge in [0.1, 0.15) is 18.7 Å². The molecule has 1 fully saturated rings. The SMILES string of the molecule is CC(=O)C[C@H]1CCN(C(=O)c2ccccc2-n2cnc(Cn3nc(-c4ccc(Cl)cc4)n(C[C@H](O)C(F)(F)F)c3=O)n2)C1. The molecule has 15 heteroatoms. The number of para-hydroxylation sites is 1. The van der Waals surface area contributed by atoms with Crippen LogP contribution in [0.15, 0.2) is 59.7 Å². The topological polar surface area (TPSA) is 128 Å². The number of hydrogen-bond donors (Lipinski definition) is 1. The van der Waals surface area contributed by atoms with E-state index in [1.165, 1.54) is 42.2 Å². The molecule has 1 aliphatic heterocycles. The van der Waals surface area contributed by atoms with Gasteiger partial charge in [-0.15, -0.1) is 10.2 Å². The van der Waals surface area contributed by atoms with Crippen LogP contribution in [0.1, 0.15) is 35.9 Å². The van der Waals surface area contributed by atoms with Crippen LogP contribution in [0.25, 0.3) is 17.1 Å². The smallest absolute Gasteiger partial charge is 0.382 e. The van der Waals surface area contributed by atoms with Crippen molar-refractivity contribution in [1.82, 2.24) is 34.0 Å². The molecule has 226 valence electrons. The van der Waals surface area contributed by atoms with Gasteiger partial charge < -0.3 is 14.8 Å². The molecule has 3 heterocycles. The maximum Gasteiger partial charge on any atom is 0.416 e. The van der Waals surface area contributed by atoms with Gasteiger partial charge in [-0.2, -0.15) is 13.2 Å². The summed E-state index contributed by atoms with van der Waals surface area (Å²) in [5.74, 6) is -0.0236. The standard InChI is InChI=1S/C28H27ClF3N7O4/c1-17(40)12-18-10-11-36(13-18)26(42)21-4-2-3-5-22(21)39-16-33-24(34-39)15-38-27(43)37(14-23(41)28(30,31)32)25(35-38)19-6-8-20(29)9-7-19/h2-9,16,18,23,41H,10-15H2,1H3/t18-,23+/m1/s1. The number of carbonyl (C=O) groups excluding carboxylic acids is 2. The van der Waals surface area contributed by atoms with Crippen LogP contribution in [-0.2, 0) is 17.9 Å². The highest BCUT2D eigenvalue weighted by atomic mass is 35.5. The zero-order valence-corrected chi connectivity index (χ0v) is 23.7. The number of alkyl halides is 3. The number of likely N-dealkylation sites (tertiary alicyclic amines) is 1. The molecule has 0 bridgehead atoms. The first kappa shape index (κ1) is 30.2. The number of aliphatic hydroxyl groups is 1. The highest BCUT2D eigenvalue weighted by molar-refractivity contribution is 6.30. The van der Waals surface area contributed by atoms with Crippen molar-refractivity contribution in [2.24, 2.45) is 5.92 Å². The molecular weight excluding hydrogens is 591 g/mol.